The van der Waals surface area contributed by atoms with Crippen molar-refractivity contribution >= 4 is 35.1 Å². The summed E-state index contributed by atoms with van der Waals surface area (Å²) in [6.07, 6.45) is 0. The summed E-state index contributed by atoms with van der Waals surface area (Å²) in [6.45, 7) is 3.88. The van der Waals surface area contributed by atoms with E-state index in [-0.39, 0.29) is 5.91 Å². The van der Waals surface area contributed by atoms with Crippen LogP contribution in [0.5, 0.6) is 0 Å². The first-order valence-electron chi connectivity index (χ1n) is 9.86. The average molecular weight is 448 g/mol. The van der Waals surface area contributed by atoms with Crippen LogP contribution in [0.25, 0.3) is 5.78 Å². The van der Waals surface area contributed by atoms with Crippen LogP contribution >= 0.6 is 11.8 Å². The highest BCUT2D eigenvalue weighted by Crippen LogP contribution is 2.23. The Morgan fingerprint density at radius 2 is 1.81 bits per heavy atom. The van der Waals surface area contributed by atoms with Crippen molar-refractivity contribution in [2.75, 3.05) is 12.4 Å². The van der Waals surface area contributed by atoms with E-state index in [1.54, 1.807) is 34.8 Å². The maximum atomic E-state index is 12.9. The summed E-state index contributed by atoms with van der Waals surface area (Å²) in [5.41, 5.74) is 4.28. The molecule has 0 aliphatic carbocycles. The Bertz CT molecular complexity index is 1300. The fourth-order valence-electron chi connectivity index (χ4n) is 3.23. The van der Waals surface area contributed by atoms with Gasteiger partial charge in [-0.15, -0.1) is 5.10 Å². The van der Waals surface area contributed by atoms with E-state index in [0.29, 0.717) is 33.5 Å². The number of benzene rings is 2. The van der Waals surface area contributed by atoms with Gasteiger partial charge in [0.1, 0.15) is 0 Å². The fraction of sp³-hybridized carbons (Fsp3) is 0.174. The van der Waals surface area contributed by atoms with Crippen molar-refractivity contribution in [3.8, 4) is 0 Å². The van der Waals surface area contributed by atoms with Crippen molar-refractivity contribution in [3.05, 3.63) is 82.7 Å². The maximum absolute atomic E-state index is 12.9. The Hall–Kier alpha value is -3.72. The number of nitrogens with one attached hydrogen (secondary N) is 1. The molecule has 1 N–H and O–H groups in total. The van der Waals surface area contributed by atoms with Crippen LogP contribution in [0, 0.1) is 13.8 Å². The number of carbonyl (C=O) groups excluding carboxylic acids is 2. The molecule has 162 valence electrons. The molecule has 8 nitrogen and oxygen atoms in total. The minimum absolute atomic E-state index is 0.233. The predicted octanol–water partition coefficient (Wildman–Crippen LogP) is 4.07. The SMILES string of the molecule is COC(=O)c1ccc(NC(=O)c2ccccc2CSc2nc3nc(C)cc(C)n3n2)cc1. The first-order valence-corrected chi connectivity index (χ1v) is 10.8. The molecule has 0 unspecified atom stereocenters. The number of hydrogen-bond acceptors (Lipinski definition) is 7. The molecule has 9 heteroatoms. The zero-order valence-corrected chi connectivity index (χ0v) is 18.6. The normalized spacial score (nSPS) is 10.8. The monoisotopic (exact) mass is 447 g/mol. The van der Waals surface area contributed by atoms with Gasteiger partial charge in [0.25, 0.3) is 11.7 Å². The van der Waals surface area contributed by atoms with E-state index in [4.69, 9.17) is 4.74 Å². The van der Waals surface area contributed by atoms with Crippen LogP contribution in [0.4, 0.5) is 5.69 Å². The van der Waals surface area contributed by atoms with Crippen LogP contribution in [0.3, 0.4) is 0 Å². The van der Waals surface area contributed by atoms with Gasteiger partial charge >= 0.3 is 5.97 Å². The lowest BCUT2D eigenvalue weighted by molar-refractivity contribution is 0.0600. The lowest BCUT2D eigenvalue weighted by atomic mass is 10.1. The molecule has 0 atom stereocenters. The molecule has 0 saturated carbocycles. The molecule has 2 aromatic carbocycles. The molecule has 0 bridgehead atoms. The second-order valence-corrected chi connectivity index (χ2v) is 8.06. The summed E-state index contributed by atoms with van der Waals surface area (Å²) in [5.74, 6) is 0.431. The van der Waals surface area contributed by atoms with E-state index < -0.39 is 5.97 Å². The second-order valence-electron chi connectivity index (χ2n) is 7.11. The maximum Gasteiger partial charge on any atom is 0.337 e. The average Bonchev–Trinajstić information content (AvgIpc) is 3.21. The molecule has 0 spiro atoms. The Morgan fingerprint density at radius 1 is 1.06 bits per heavy atom. The van der Waals surface area contributed by atoms with E-state index in [9.17, 15) is 9.59 Å². The Morgan fingerprint density at radius 3 is 2.56 bits per heavy atom. The van der Waals surface area contributed by atoms with Crippen molar-refractivity contribution < 1.29 is 14.3 Å². The summed E-state index contributed by atoms with van der Waals surface area (Å²) in [6, 6.07) is 15.9. The summed E-state index contributed by atoms with van der Waals surface area (Å²) in [7, 11) is 1.33. The van der Waals surface area contributed by atoms with Gasteiger partial charge in [-0.25, -0.2) is 14.3 Å². The highest BCUT2D eigenvalue weighted by Gasteiger charge is 2.14. The Kier molecular flexibility index (Phi) is 6.18. The standard InChI is InChI=1S/C23H21N5O3S/c1-14-12-15(2)28-22(24-14)26-23(27-28)32-13-17-6-4-5-7-19(17)20(29)25-18-10-8-16(9-11-18)21(30)31-3/h4-12H,13H2,1-3H3,(H,25,29). The van der Waals surface area contributed by atoms with Gasteiger partial charge in [0.15, 0.2) is 0 Å². The molecule has 2 aromatic heterocycles. The van der Waals surface area contributed by atoms with E-state index in [0.717, 1.165) is 17.0 Å². The van der Waals surface area contributed by atoms with Crippen molar-refractivity contribution in [2.45, 2.75) is 24.8 Å². The number of hydrogen-bond donors (Lipinski definition) is 1. The number of aromatic nitrogens is 4. The topological polar surface area (TPSA) is 98.5 Å². The number of nitrogens with zero attached hydrogens (tertiary/aromatic N) is 4. The van der Waals surface area contributed by atoms with Gasteiger partial charge in [0, 0.05) is 28.4 Å². The molecule has 4 aromatic rings. The molecule has 0 fully saturated rings. The molecule has 2 heterocycles. The molecule has 32 heavy (non-hydrogen) atoms. The fourth-order valence-corrected chi connectivity index (χ4v) is 4.05. The van der Waals surface area contributed by atoms with Gasteiger partial charge in [0.2, 0.25) is 5.16 Å². The van der Waals surface area contributed by atoms with Gasteiger partial charge in [-0.3, -0.25) is 4.79 Å². The highest BCUT2D eigenvalue weighted by molar-refractivity contribution is 7.98. The lowest BCUT2D eigenvalue weighted by Crippen LogP contribution is -2.14. The number of ether oxygens (including phenoxy) is 1. The first-order chi connectivity index (χ1) is 15.4. The number of thioether (sulfide) groups is 1. The third kappa shape index (κ3) is 4.62. The second kappa shape index (κ2) is 9.19. The Labute approximate surface area is 189 Å². The van der Waals surface area contributed by atoms with Crippen LogP contribution in [0.2, 0.25) is 0 Å². The van der Waals surface area contributed by atoms with E-state index in [2.05, 4.69) is 20.4 Å². The van der Waals surface area contributed by atoms with Gasteiger partial charge in [-0.05, 0) is 55.8 Å². The van der Waals surface area contributed by atoms with Crippen LogP contribution in [-0.4, -0.2) is 38.6 Å². The van der Waals surface area contributed by atoms with Crippen LogP contribution in [0.1, 0.15) is 37.7 Å². The third-order valence-electron chi connectivity index (χ3n) is 4.78. The number of amides is 1. The predicted molar refractivity (Wildman–Crippen MR) is 122 cm³/mol. The molecule has 0 aliphatic rings. The van der Waals surface area contributed by atoms with Gasteiger partial charge in [-0.2, -0.15) is 4.98 Å². The van der Waals surface area contributed by atoms with Crippen molar-refractivity contribution in [1.29, 1.82) is 0 Å². The number of carbonyl (C=O) groups is 2. The zero-order chi connectivity index (χ0) is 22.7. The number of anilines is 1. The molecule has 0 radical (unpaired) electrons. The number of methoxy groups -OCH3 is 1. The van der Waals surface area contributed by atoms with Gasteiger partial charge < -0.3 is 10.1 Å². The zero-order valence-electron chi connectivity index (χ0n) is 17.8. The summed E-state index contributed by atoms with van der Waals surface area (Å²) >= 11 is 1.44. The molecular weight excluding hydrogens is 426 g/mol. The first kappa shape index (κ1) is 21.5. The van der Waals surface area contributed by atoms with Crippen LogP contribution in [-0.2, 0) is 10.5 Å². The summed E-state index contributed by atoms with van der Waals surface area (Å²) in [5, 5.41) is 7.98. The van der Waals surface area contributed by atoms with Crippen LogP contribution in [0.15, 0.2) is 59.8 Å². The van der Waals surface area contributed by atoms with Gasteiger partial charge in [-0.1, -0.05) is 30.0 Å². The summed E-state index contributed by atoms with van der Waals surface area (Å²) in [4.78, 5) is 33.4. The smallest absolute Gasteiger partial charge is 0.337 e. The van der Waals surface area contributed by atoms with Crippen molar-refractivity contribution in [1.82, 2.24) is 19.6 Å². The Balaban J connectivity index is 1.48. The van der Waals surface area contributed by atoms with E-state index >= 15 is 0 Å². The molecule has 0 aliphatic heterocycles. The highest BCUT2D eigenvalue weighted by atomic mass is 32.2. The molecular formula is C23H21N5O3S. The quantitative estimate of drug-likeness (QED) is 0.351. The minimum atomic E-state index is -0.425. The van der Waals surface area contributed by atoms with Crippen molar-refractivity contribution in [2.24, 2.45) is 0 Å². The minimum Gasteiger partial charge on any atom is -0.465 e. The number of rotatable bonds is 6. The molecule has 1 amide bonds. The lowest BCUT2D eigenvalue weighted by Gasteiger charge is -2.10. The van der Waals surface area contributed by atoms with Gasteiger partial charge in [0.05, 0.1) is 12.7 Å². The largest absolute Gasteiger partial charge is 0.465 e. The number of aryl methyl sites for hydroxylation is 2. The number of esters is 1. The molecule has 0 saturated heterocycles. The summed E-state index contributed by atoms with van der Waals surface area (Å²) < 4.78 is 6.41. The number of fused-ring (bicyclic) bond motifs is 1. The van der Waals surface area contributed by atoms with Crippen LogP contribution < -0.4 is 5.32 Å². The van der Waals surface area contributed by atoms with E-state index in [1.807, 2.05) is 38.1 Å². The van der Waals surface area contributed by atoms with Crippen molar-refractivity contribution in [3.63, 3.8) is 0 Å². The third-order valence-corrected chi connectivity index (χ3v) is 5.67. The van der Waals surface area contributed by atoms with E-state index in [1.165, 1.54) is 18.9 Å². The molecule has 4 rings (SSSR count).